The van der Waals surface area contributed by atoms with Crippen LogP contribution in [0.15, 0.2) is 29.4 Å². The summed E-state index contributed by atoms with van der Waals surface area (Å²) in [6.45, 7) is 1.81. The molecule has 0 saturated heterocycles. The number of benzene rings is 1. The monoisotopic (exact) mass is 209 g/mol. The van der Waals surface area contributed by atoms with Crippen molar-refractivity contribution in [3.8, 4) is 5.75 Å². The van der Waals surface area contributed by atoms with E-state index in [2.05, 4.69) is 9.89 Å². The Kier molecular flexibility index (Phi) is 3.68. The molecule has 0 aliphatic heterocycles. The van der Waals surface area contributed by atoms with Crippen molar-refractivity contribution in [2.45, 2.75) is 6.92 Å². The van der Waals surface area contributed by atoms with Crippen molar-refractivity contribution in [1.82, 2.24) is 0 Å². The molecule has 0 spiro atoms. The maximum atomic E-state index is 11.3. The van der Waals surface area contributed by atoms with E-state index in [-0.39, 0.29) is 23.6 Å². The molecule has 0 aliphatic carbocycles. The Morgan fingerprint density at radius 3 is 2.67 bits per heavy atom. The molecule has 0 heterocycles. The predicted octanol–water partition coefficient (Wildman–Crippen LogP) is 1.13. The maximum Gasteiger partial charge on any atom is 0.361 e. The van der Waals surface area contributed by atoms with Crippen molar-refractivity contribution in [3.63, 3.8) is 0 Å². The van der Waals surface area contributed by atoms with E-state index in [1.54, 1.807) is 19.1 Å². The summed E-state index contributed by atoms with van der Waals surface area (Å²) in [5.74, 6) is -0.917. The van der Waals surface area contributed by atoms with Gasteiger partial charge in [0.1, 0.15) is 5.75 Å². The van der Waals surface area contributed by atoms with Gasteiger partial charge < -0.3 is 15.1 Å². The summed E-state index contributed by atoms with van der Waals surface area (Å²) in [5, 5.41) is 20.9. The first-order valence-corrected chi connectivity index (χ1v) is 4.38. The van der Waals surface area contributed by atoms with Crippen molar-refractivity contribution < 1.29 is 19.8 Å². The van der Waals surface area contributed by atoms with Crippen molar-refractivity contribution in [1.29, 1.82) is 0 Å². The third kappa shape index (κ3) is 2.46. The highest BCUT2D eigenvalue weighted by molar-refractivity contribution is 6.43. The fourth-order valence-electron chi connectivity index (χ4n) is 1.08. The van der Waals surface area contributed by atoms with Gasteiger partial charge in [-0.2, -0.15) is 0 Å². The molecule has 1 aromatic carbocycles. The summed E-state index contributed by atoms with van der Waals surface area (Å²) in [6, 6.07) is 6.06. The van der Waals surface area contributed by atoms with E-state index in [4.69, 9.17) is 5.21 Å². The van der Waals surface area contributed by atoms with Gasteiger partial charge in [-0.25, -0.2) is 4.79 Å². The summed E-state index contributed by atoms with van der Waals surface area (Å²) in [5.41, 5.74) is -0.173. The largest absolute Gasteiger partial charge is 0.507 e. The van der Waals surface area contributed by atoms with Gasteiger partial charge in [0.25, 0.3) is 0 Å². The molecule has 80 valence electrons. The normalized spacial score (nSPS) is 11.1. The Labute approximate surface area is 86.6 Å². The number of aromatic hydroxyl groups is 1. The van der Waals surface area contributed by atoms with E-state index in [0.717, 1.165) is 0 Å². The fourth-order valence-corrected chi connectivity index (χ4v) is 1.08. The quantitative estimate of drug-likeness (QED) is 0.338. The first-order valence-electron chi connectivity index (χ1n) is 4.38. The number of phenolic OH excluding ortho intramolecular Hbond substituents is 1. The number of carbonyl (C=O) groups excluding carboxylic acids is 1. The lowest BCUT2D eigenvalue weighted by atomic mass is 10.1. The first kappa shape index (κ1) is 11.0. The SMILES string of the molecule is CCOC(=O)/C(=N/O)c1ccccc1O. The smallest absolute Gasteiger partial charge is 0.361 e. The average molecular weight is 209 g/mol. The molecule has 0 bridgehead atoms. The molecule has 0 unspecified atom stereocenters. The van der Waals surface area contributed by atoms with Crippen LogP contribution in [0.1, 0.15) is 12.5 Å². The van der Waals surface area contributed by atoms with Gasteiger partial charge in [-0.1, -0.05) is 17.3 Å². The van der Waals surface area contributed by atoms with E-state index in [9.17, 15) is 9.90 Å². The van der Waals surface area contributed by atoms with E-state index < -0.39 is 5.97 Å². The van der Waals surface area contributed by atoms with Crippen LogP contribution in [-0.4, -0.2) is 28.6 Å². The lowest BCUT2D eigenvalue weighted by molar-refractivity contribution is -0.135. The number of hydrogen-bond acceptors (Lipinski definition) is 5. The Balaban J connectivity index is 3.04. The molecule has 0 atom stereocenters. The summed E-state index contributed by atoms with van der Waals surface area (Å²) in [7, 11) is 0. The Hall–Kier alpha value is -2.04. The molecule has 1 rings (SSSR count). The van der Waals surface area contributed by atoms with Crippen molar-refractivity contribution in [2.75, 3.05) is 6.61 Å². The standard InChI is InChI=1S/C10H11NO4/c1-2-15-10(13)9(11-14)7-5-3-4-6-8(7)12/h3-6,12,14H,2H2,1H3/b11-9+. The molecule has 1 aromatic rings. The topological polar surface area (TPSA) is 79.1 Å². The molecule has 0 fully saturated rings. The maximum absolute atomic E-state index is 11.3. The number of carbonyl (C=O) groups is 1. The minimum Gasteiger partial charge on any atom is -0.507 e. The number of hydrogen-bond donors (Lipinski definition) is 2. The molecular weight excluding hydrogens is 198 g/mol. The number of oxime groups is 1. The Bertz CT molecular complexity index is 387. The van der Waals surface area contributed by atoms with Gasteiger partial charge in [0.05, 0.1) is 12.2 Å². The summed E-state index contributed by atoms with van der Waals surface area (Å²) in [6.07, 6.45) is 0. The number of phenols is 1. The van der Waals surface area contributed by atoms with E-state index in [0.29, 0.717) is 0 Å². The van der Waals surface area contributed by atoms with Gasteiger partial charge in [0.15, 0.2) is 5.71 Å². The minimum atomic E-state index is -0.776. The predicted molar refractivity (Wildman–Crippen MR) is 53.1 cm³/mol. The summed E-state index contributed by atoms with van der Waals surface area (Å²) < 4.78 is 4.66. The van der Waals surface area contributed by atoms with Crippen LogP contribution in [-0.2, 0) is 9.53 Å². The van der Waals surface area contributed by atoms with Crippen molar-refractivity contribution in [3.05, 3.63) is 29.8 Å². The molecule has 0 aliphatic rings. The summed E-state index contributed by atoms with van der Waals surface area (Å²) in [4.78, 5) is 11.3. The molecule has 0 aromatic heterocycles. The van der Waals surface area contributed by atoms with E-state index in [1.807, 2.05) is 0 Å². The average Bonchev–Trinajstić information content (AvgIpc) is 2.22. The molecule has 0 amide bonds. The van der Waals surface area contributed by atoms with Gasteiger partial charge in [0.2, 0.25) is 0 Å². The highest BCUT2D eigenvalue weighted by Crippen LogP contribution is 2.17. The van der Waals surface area contributed by atoms with Crippen molar-refractivity contribution in [2.24, 2.45) is 5.16 Å². The van der Waals surface area contributed by atoms with Gasteiger partial charge in [-0.05, 0) is 19.1 Å². The van der Waals surface area contributed by atoms with Gasteiger partial charge in [0, 0.05) is 0 Å². The number of rotatable bonds is 3. The number of esters is 1. The summed E-state index contributed by atoms with van der Waals surface area (Å²) >= 11 is 0. The van der Waals surface area contributed by atoms with Crippen LogP contribution < -0.4 is 0 Å². The van der Waals surface area contributed by atoms with Crippen molar-refractivity contribution >= 4 is 11.7 Å². The first-order chi connectivity index (χ1) is 7.20. The van der Waals surface area contributed by atoms with Crippen LogP contribution in [0.4, 0.5) is 0 Å². The number of para-hydroxylation sites is 1. The van der Waals surface area contributed by atoms with E-state index >= 15 is 0 Å². The zero-order valence-electron chi connectivity index (χ0n) is 8.17. The molecule has 5 nitrogen and oxygen atoms in total. The molecule has 0 saturated carbocycles. The number of ether oxygens (including phenoxy) is 1. The van der Waals surface area contributed by atoms with Crippen LogP contribution in [0, 0.1) is 0 Å². The molecular formula is C10H11NO4. The Morgan fingerprint density at radius 1 is 1.47 bits per heavy atom. The third-order valence-electron chi connectivity index (χ3n) is 1.73. The van der Waals surface area contributed by atoms with Crippen LogP contribution in [0.2, 0.25) is 0 Å². The third-order valence-corrected chi connectivity index (χ3v) is 1.73. The molecule has 0 radical (unpaired) electrons. The van der Waals surface area contributed by atoms with Gasteiger partial charge in [-0.3, -0.25) is 0 Å². The van der Waals surface area contributed by atoms with Crippen LogP contribution >= 0.6 is 0 Å². The molecule has 15 heavy (non-hydrogen) atoms. The molecule has 5 heteroatoms. The Morgan fingerprint density at radius 2 is 2.13 bits per heavy atom. The van der Waals surface area contributed by atoms with Crippen LogP contribution in [0.5, 0.6) is 5.75 Å². The second-order valence-electron chi connectivity index (χ2n) is 2.69. The minimum absolute atomic E-state index is 0.137. The second kappa shape index (κ2) is 4.99. The zero-order chi connectivity index (χ0) is 11.3. The van der Waals surface area contributed by atoms with Gasteiger partial charge in [-0.15, -0.1) is 0 Å². The highest BCUT2D eigenvalue weighted by atomic mass is 16.5. The highest BCUT2D eigenvalue weighted by Gasteiger charge is 2.18. The van der Waals surface area contributed by atoms with Crippen LogP contribution in [0.3, 0.4) is 0 Å². The fraction of sp³-hybridized carbons (Fsp3) is 0.200. The second-order valence-corrected chi connectivity index (χ2v) is 2.69. The lowest BCUT2D eigenvalue weighted by Crippen LogP contribution is -2.18. The van der Waals surface area contributed by atoms with Gasteiger partial charge >= 0.3 is 5.97 Å². The zero-order valence-corrected chi connectivity index (χ0v) is 8.17. The van der Waals surface area contributed by atoms with Crippen LogP contribution in [0.25, 0.3) is 0 Å². The number of nitrogens with zero attached hydrogens (tertiary/aromatic N) is 1. The lowest BCUT2D eigenvalue weighted by Gasteiger charge is -2.05. The molecule has 2 N–H and O–H groups in total. The van der Waals surface area contributed by atoms with E-state index in [1.165, 1.54) is 12.1 Å².